The Balaban J connectivity index is 1.35. The minimum atomic E-state index is -3.76. The zero-order valence-corrected chi connectivity index (χ0v) is 21.4. The van der Waals surface area contributed by atoms with Crippen LogP contribution in [0, 0.1) is 19.8 Å². The zero-order valence-electron chi connectivity index (χ0n) is 20.6. The lowest BCUT2D eigenvalue weighted by Gasteiger charge is -2.38. The molecule has 2 fully saturated rings. The number of amides is 1. The van der Waals surface area contributed by atoms with Gasteiger partial charge in [-0.15, -0.1) is 0 Å². The molecule has 2 aliphatic heterocycles. The van der Waals surface area contributed by atoms with Gasteiger partial charge in [-0.25, -0.2) is 8.42 Å². The Labute approximate surface area is 212 Å². The molecule has 0 radical (unpaired) electrons. The van der Waals surface area contributed by atoms with E-state index in [0.29, 0.717) is 13.1 Å². The second kappa shape index (κ2) is 9.99. The molecule has 0 saturated carbocycles. The lowest BCUT2D eigenvalue weighted by atomic mass is 9.88. The van der Waals surface area contributed by atoms with Crippen molar-refractivity contribution >= 4 is 21.6 Å². The average molecular weight is 506 g/mol. The summed E-state index contributed by atoms with van der Waals surface area (Å²) in [6.07, 6.45) is 6.33. The molecule has 1 aromatic carbocycles. The van der Waals surface area contributed by atoms with Crippen LogP contribution in [-0.4, -0.2) is 72.8 Å². The molecule has 0 unspecified atom stereocenters. The van der Waals surface area contributed by atoms with Gasteiger partial charge in [0.15, 0.2) is 0 Å². The van der Waals surface area contributed by atoms with Crippen LogP contribution in [0.5, 0.6) is 0 Å². The van der Waals surface area contributed by atoms with E-state index < -0.39 is 15.9 Å². The summed E-state index contributed by atoms with van der Waals surface area (Å²) in [6, 6.07) is 13.4. The Morgan fingerprint density at radius 2 is 1.64 bits per heavy atom. The molecule has 2 saturated heterocycles. The molecule has 36 heavy (non-hydrogen) atoms. The van der Waals surface area contributed by atoms with Crippen LogP contribution in [0.15, 0.2) is 72.1 Å². The number of anilines is 1. The zero-order chi connectivity index (χ0) is 25.3. The van der Waals surface area contributed by atoms with Crippen molar-refractivity contribution in [3.05, 3.63) is 83.9 Å². The molecule has 2 atom stereocenters. The molecule has 3 aromatic rings. The maximum Gasteiger partial charge on any atom is 0.244 e. The number of hydrogen-bond donors (Lipinski definition) is 0. The number of rotatable bonds is 5. The fourth-order valence-corrected chi connectivity index (χ4v) is 6.71. The summed E-state index contributed by atoms with van der Waals surface area (Å²) in [5.41, 5.74) is 4.54. The number of pyridine rings is 2. The number of hydrogen-bond acceptors (Lipinski definition) is 6. The maximum absolute atomic E-state index is 13.8. The summed E-state index contributed by atoms with van der Waals surface area (Å²) in [6.45, 7) is 7.30. The smallest absolute Gasteiger partial charge is 0.244 e. The van der Waals surface area contributed by atoms with E-state index in [2.05, 4.69) is 46.9 Å². The highest BCUT2D eigenvalue weighted by atomic mass is 32.2. The van der Waals surface area contributed by atoms with E-state index in [1.807, 2.05) is 17.0 Å². The fraction of sp³-hybridized carbons (Fsp3) is 0.370. The molecule has 188 valence electrons. The summed E-state index contributed by atoms with van der Waals surface area (Å²) in [7, 11) is -3.76. The third kappa shape index (κ3) is 4.73. The summed E-state index contributed by atoms with van der Waals surface area (Å²) < 4.78 is 28.1. The summed E-state index contributed by atoms with van der Waals surface area (Å²) >= 11 is 0. The van der Waals surface area contributed by atoms with Gasteiger partial charge in [0.25, 0.3) is 0 Å². The molecule has 0 bridgehead atoms. The molecule has 0 spiro atoms. The van der Waals surface area contributed by atoms with Crippen molar-refractivity contribution < 1.29 is 13.2 Å². The second-order valence-electron chi connectivity index (χ2n) is 9.61. The molecule has 5 rings (SSSR count). The highest BCUT2D eigenvalue weighted by Crippen LogP contribution is 2.37. The van der Waals surface area contributed by atoms with Crippen LogP contribution in [0.2, 0.25) is 0 Å². The van der Waals surface area contributed by atoms with Crippen molar-refractivity contribution in [3.63, 3.8) is 0 Å². The number of aryl methyl sites for hydroxylation is 2. The summed E-state index contributed by atoms with van der Waals surface area (Å²) in [4.78, 5) is 26.4. The van der Waals surface area contributed by atoms with Gasteiger partial charge in [0, 0.05) is 75.7 Å². The number of nitrogens with zero attached hydrogens (tertiary/aromatic N) is 5. The largest absolute Gasteiger partial charge is 0.368 e. The Hall–Kier alpha value is -3.30. The van der Waals surface area contributed by atoms with E-state index in [-0.39, 0.29) is 29.8 Å². The third-order valence-electron chi connectivity index (χ3n) is 7.28. The summed E-state index contributed by atoms with van der Waals surface area (Å²) in [5.74, 6) is -0.712. The van der Waals surface area contributed by atoms with Crippen LogP contribution >= 0.6 is 0 Å². The number of carbonyl (C=O) groups is 1. The maximum atomic E-state index is 13.8. The number of carbonyl (C=O) groups excluding carboxylic acids is 1. The first kappa shape index (κ1) is 24.4. The molecule has 8 nitrogen and oxygen atoms in total. The van der Waals surface area contributed by atoms with Crippen LogP contribution in [-0.2, 0) is 14.8 Å². The molecule has 2 aliphatic rings. The van der Waals surface area contributed by atoms with Crippen LogP contribution in [0.1, 0.15) is 22.6 Å². The van der Waals surface area contributed by atoms with Gasteiger partial charge in [-0.1, -0.05) is 18.2 Å². The van der Waals surface area contributed by atoms with E-state index >= 15 is 0 Å². The van der Waals surface area contributed by atoms with Gasteiger partial charge in [-0.05, 0) is 54.8 Å². The Kier molecular flexibility index (Phi) is 6.77. The van der Waals surface area contributed by atoms with Crippen molar-refractivity contribution in [3.8, 4) is 0 Å². The highest BCUT2D eigenvalue weighted by Gasteiger charge is 2.45. The van der Waals surface area contributed by atoms with Crippen molar-refractivity contribution in [1.82, 2.24) is 19.2 Å². The van der Waals surface area contributed by atoms with Gasteiger partial charge in [0.05, 0.1) is 5.92 Å². The van der Waals surface area contributed by atoms with Crippen LogP contribution < -0.4 is 4.90 Å². The molecule has 1 amide bonds. The molecule has 0 aliphatic carbocycles. The van der Waals surface area contributed by atoms with Crippen LogP contribution in [0.4, 0.5) is 5.69 Å². The standard InChI is InChI=1S/C27H31N5O3S/c1-20-7-8-21(2)26(15-20)30-11-13-31(14-12-30)27(33)25-19-32(18-24(25)22-5-3-9-28-16-22)36(34,35)23-6-4-10-29-17-23/h3-10,15-17,24-25H,11-14,18-19H2,1-2H3/t24-,25+/m0/s1. The number of benzene rings is 1. The number of aromatic nitrogens is 2. The molecule has 9 heteroatoms. The van der Waals surface area contributed by atoms with E-state index in [1.54, 1.807) is 30.7 Å². The minimum absolute atomic E-state index is 0.00774. The lowest BCUT2D eigenvalue weighted by molar-refractivity contribution is -0.135. The van der Waals surface area contributed by atoms with Gasteiger partial charge in [0.2, 0.25) is 15.9 Å². The highest BCUT2D eigenvalue weighted by molar-refractivity contribution is 7.89. The molecular weight excluding hydrogens is 474 g/mol. The van der Waals surface area contributed by atoms with E-state index in [4.69, 9.17) is 0 Å². The quantitative estimate of drug-likeness (QED) is 0.530. The predicted octanol–water partition coefficient (Wildman–Crippen LogP) is 2.85. The Morgan fingerprint density at radius 1 is 0.917 bits per heavy atom. The average Bonchev–Trinajstić information content (AvgIpc) is 3.37. The topological polar surface area (TPSA) is 86.7 Å². The Bertz CT molecular complexity index is 1330. The monoisotopic (exact) mass is 505 g/mol. The van der Waals surface area contributed by atoms with Gasteiger partial charge in [-0.3, -0.25) is 14.8 Å². The first-order valence-corrected chi connectivity index (χ1v) is 13.7. The van der Waals surface area contributed by atoms with Crippen molar-refractivity contribution in [2.75, 3.05) is 44.2 Å². The van der Waals surface area contributed by atoms with Crippen LogP contribution in [0.3, 0.4) is 0 Å². The first-order chi connectivity index (χ1) is 17.3. The molecular formula is C27H31N5O3S. The Morgan fingerprint density at radius 3 is 2.31 bits per heavy atom. The van der Waals surface area contributed by atoms with Crippen molar-refractivity contribution in [2.45, 2.75) is 24.7 Å². The molecule has 0 N–H and O–H groups in total. The summed E-state index contributed by atoms with van der Waals surface area (Å²) in [5, 5.41) is 0. The van der Waals surface area contributed by atoms with E-state index in [0.717, 1.165) is 18.7 Å². The normalized spacial score (nSPS) is 21.1. The number of sulfonamides is 1. The van der Waals surface area contributed by atoms with Gasteiger partial charge in [0.1, 0.15) is 4.90 Å². The molecule has 2 aromatic heterocycles. The first-order valence-electron chi connectivity index (χ1n) is 12.3. The lowest BCUT2D eigenvalue weighted by Crippen LogP contribution is -2.51. The van der Waals surface area contributed by atoms with Gasteiger partial charge >= 0.3 is 0 Å². The van der Waals surface area contributed by atoms with Crippen LogP contribution in [0.25, 0.3) is 0 Å². The predicted molar refractivity (Wildman–Crippen MR) is 138 cm³/mol. The minimum Gasteiger partial charge on any atom is -0.368 e. The van der Waals surface area contributed by atoms with Gasteiger partial charge in [-0.2, -0.15) is 4.31 Å². The van der Waals surface area contributed by atoms with Crippen molar-refractivity contribution in [1.29, 1.82) is 0 Å². The van der Waals surface area contributed by atoms with E-state index in [1.165, 1.54) is 27.3 Å². The fourth-order valence-electron chi connectivity index (χ4n) is 5.26. The second-order valence-corrected chi connectivity index (χ2v) is 11.6. The number of piperazine rings is 1. The van der Waals surface area contributed by atoms with Crippen molar-refractivity contribution in [2.24, 2.45) is 5.92 Å². The van der Waals surface area contributed by atoms with Gasteiger partial charge < -0.3 is 9.80 Å². The van der Waals surface area contributed by atoms with E-state index in [9.17, 15) is 13.2 Å². The molecule has 4 heterocycles. The SMILES string of the molecule is Cc1ccc(C)c(N2CCN(C(=O)[C@@H]3CN(S(=O)(=O)c4cccnc4)C[C@H]3c3cccnc3)CC2)c1. The third-order valence-corrected chi connectivity index (χ3v) is 9.10.